The molecule has 1 aromatic carbocycles. The average Bonchev–Trinajstić information content (AvgIpc) is 2.25. The summed E-state index contributed by atoms with van der Waals surface area (Å²) >= 11 is 0. The third-order valence-corrected chi connectivity index (χ3v) is 4.50. The maximum Gasteiger partial charge on any atom is 0.239 e. The van der Waals surface area contributed by atoms with E-state index in [9.17, 15) is 8.42 Å². The summed E-state index contributed by atoms with van der Waals surface area (Å²) in [6.07, 6.45) is 0.784. The Morgan fingerprint density at radius 3 is 2.50 bits per heavy atom. The van der Waals surface area contributed by atoms with Crippen molar-refractivity contribution in [1.82, 2.24) is 0 Å². The van der Waals surface area contributed by atoms with E-state index >= 15 is 0 Å². The molecule has 0 aliphatic heterocycles. The normalized spacial score (nSPS) is 13.5. The van der Waals surface area contributed by atoms with Gasteiger partial charge in [-0.3, -0.25) is 0 Å². The summed E-state index contributed by atoms with van der Waals surface area (Å²) in [6.45, 7) is 3.56. The van der Waals surface area contributed by atoms with E-state index in [2.05, 4.69) is 0 Å². The van der Waals surface area contributed by atoms with E-state index in [0.717, 1.165) is 17.7 Å². The highest BCUT2D eigenvalue weighted by Gasteiger charge is 2.20. The predicted molar refractivity (Wildman–Crippen MR) is 65.6 cm³/mol. The number of methoxy groups -OCH3 is 1. The number of benzene rings is 1. The van der Waals surface area contributed by atoms with Crippen molar-refractivity contribution in [3.8, 4) is 5.75 Å². The van der Waals surface area contributed by atoms with Gasteiger partial charge in [-0.25, -0.2) is 8.42 Å². The summed E-state index contributed by atoms with van der Waals surface area (Å²) in [5.41, 5.74) is 1.67. The molecule has 90 valence electrons. The molecule has 0 aliphatic carbocycles. The zero-order valence-corrected chi connectivity index (χ0v) is 11.1. The second-order valence-corrected chi connectivity index (χ2v) is 6.49. The molecule has 0 saturated carbocycles. The van der Waals surface area contributed by atoms with Crippen molar-refractivity contribution in [3.63, 3.8) is 0 Å². The maximum atomic E-state index is 11.2. The van der Waals surface area contributed by atoms with E-state index in [1.807, 2.05) is 13.0 Å². The fourth-order valence-corrected chi connectivity index (χ4v) is 2.27. The SMILES string of the molecule is CCc1cc(C(C)S(=O)(=O)Cl)ccc1OC. The molecule has 1 unspecified atom stereocenters. The predicted octanol–water partition coefficient (Wildman–Crippen LogP) is 2.89. The molecule has 3 nitrogen and oxygen atoms in total. The molecule has 0 bridgehead atoms. The Kier molecular flexibility index (Phi) is 4.21. The van der Waals surface area contributed by atoms with Gasteiger partial charge in [-0.1, -0.05) is 19.1 Å². The number of aryl methyl sites for hydroxylation is 1. The van der Waals surface area contributed by atoms with E-state index in [1.165, 1.54) is 0 Å². The number of hydrogen-bond donors (Lipinski definition) is 0. The Labute approximate surface area is 101 Å². The second-order valence-electron chi connectivity index (χ2n) is 3.54. The van der Waals surface area contributed by atoms with Gasteiger partial charge in [0, 0.05) is 10.7 Å². The van der Waals surface area contributed by atoms with Crippen LogP contribution in [0.15, 0.2) is 18.2 Å². The number of rotatable bonds is 4. The molecule has 0 radical (unpaired) electrons. The minimum atomic E-state index is -3.57. The summed E-state index contributed by atoms with van der Waals surface area (Å²) < 4.78 is 27.6. The first-order valence-electron chi connectivity index (χ1n) is 5.00. The van der Waals surface area contributed by atoms with Crippen molar-refractivity contribution in [2.24, 2.45) is 0 Å². The molecular weight excluding hydrogens is 248 g/mol. The molecule has 0 saturated heterocycles. The first-order valence-corrected chi connectivity index (χ1v) is 7.37. The third kappa shape index (κ3) is 2.89. The van der Waals surface area contributed by atoms with Crippen LogP contribution in [-0.2, 0) is 15.5 Å². The molecule has 5 heteroatoms. The highest BCUT2D eigenvalue weighted by Crippen LogP contribution is 2.29. The van der Waals surface area contributed by atoms with Crippen molar-refractivity contribution in [2.75, 3.05) is 7.11 Å². The van der Waals surface area contributed by atoms with Gasteiger partial charge in [-0.2, -0.15) is 0 Å². The minimum Gasteiger partial charge on any atom is -0.496 e. The van der Waals surface area contributed by atoms with Crippen LogP contribution in [-0.4, -0.2) is 15.5 Å². The molecule has 0 N–H and O–H groups in total. The van der Waals surface area contributed by atoms with Crippen LogP contribution in [0.3, 0.4) is 0 Å². The molecule has 0 fully saturated rings. The monoisotopic (exact) mass is 262 g/mol. The van der Waals surface area contributed by atoms with Crippen LogP contribution in [0, 0.1) is 0 Å². The van der Waals surface area contributed by atoms with E-state index in [4.69, 9.17) is 15.4 Å². The van der Waals surface area contributed by atoms with Gasteiger partial charge < -0.3 is 4.74 Å². The Bertz CT molecular complexity index is 468. The molecule has 16 heavy (non-hydrogen) atoms. The van der Waals surface area contributed by atoms with Crippen molar-refractivity contribution in [1.29, 1.82) is 0 Å². The molecule has 1 rings (SSSR count). The number of hydrogen-bond acceptors (Lipinski definition) is 3. The number of halogens is 1. The fourth-order valence-electron chi connectivity index (χ4n) is 1.49. The van der Waals surface area contributed by atoms with Gasteiger partial charge in [0.05, 0.1) is 12.4 Å². The summed E-state index contributed by atoms with van der Waals surface area (Å²) in [6, 6.07) is 5.32. The van der Waals surface area contributed by atoms with Gasteiger partial charge in [0.1, 0.15) is 5.75 Å². The first kappa shape index (κ1) is 13.3. The molecule has 0 heterocycles. The van der Waals surface area contributed by atoms with Gasteiger partial charge in [0.2, 0.25) is 9.05 Å². The molecule has 0 spiro atoms. The van der Waals surface area contributed by atoms with Crippen LogP contribution in [0.1, 0.15) is 30.2 Å². The third-order valence-electron chi connectivity index (χ3n) is 2.58. The lowest BCUT2D eigenvalue weighted by molar-refractivity contribution is 0.410. The molecular formula is C11H15ClO3S. The van der Waals surface area contributed by atoms with Gasteiger partial charge in [0.15, 0.2) is 0 Å². The lowest BCUT2D eigenvalue weighted by Gasteiger charge is -2.12. The van der Waals surface area contributed by atoms with Crippen LogP contribution in [0.25, 0.3) is 0 Å². The topological polar surface area (TPSA) is 43.4 Å². The molecule has 0 aliphatic rings. The zero-order valence-electron chi connectivity index (χ0n) is 9.53. The van der Waals surface area contributed by atoms with Crippen molar-refractivity contribution < 1.29 is 13.2 Å². The average molecular weight is 263 g/mol. The van der Waals surface area contributed by atoms with Crippen LogP contribution in [0.2, 0.25) is 0 Å². The minimum absolute atomic E-state index is 0.688. The highest BCUT2D eigenvalue weighted by molar-refractivity contribution is 8.13. The standard InChI is InChI=1S/C11H15ClO3S/c1-4-9-7-10(5-6-11(9)15-3)8(2)16(12,13)14/h5-8H,4H2,1-3H3. The Morgan fingerprint density at radius 2 is 2.06 bits per heavy atom. The first-order chi connectivity index (χ1) is 7.40. The van der Waals surface area contributed by atoms with Gasteiger partial charge in [0.25, 0.3) is 0 Å². The molecule has 1 aromatic rings. The summed E-state index contributed by atoms with van der Waals surface area (Å²) in [5.74, 6) is 0.769. The van der Waals surface area contributed by atoms with Crippen molar-refractivity contribution >= 4 is 19.7 Å². The van der Waals surface area contributed by atoms with E-state index in [1.54, 1.807) is 26.2 Å². The quantitative estimate of drug-likeness (QED) is 0.784. The van der Waals surface area contributed by atoms with Gasteiger partial charge in [-0.15, -0.1) is 0 Å². The molecule has 1 atom stereocenters. The zero-order chi connectivity index (χ0) is 12.3. The lowest BCUT2D eigenvalue weighted by Crippen LogP contribution is -2.04. The summed E-state index contributed by atoms with van der Waals surface area (Å²) in [5, 5.41) is -0.703. The van der Waals surface area contributed by atoms with E-state index in [0.29, 0.717) is 5.56 Å². The van der Waals surface area contributed by atoms with Crippen molar-refractivity contribution in [3.05, 3.63) is 29.3 Å². The lowest BCUT2D eigenvalue weighted by atomic mass is 10.1. The van der Waals surface area contributed by atoms with Crippen LogP contribution in [0.5, 0.6) is 5.75 Å². The fraction of sp³-hybridized carbons (Fsp3) is 0.455. The Hall–Kier alpha value is -0.740. The Balaban J connectivity index is 3.18. The van der Waals surface area contributed by atoms with Crippen molar-refractivity contribution in [2.45, 2.75) is 25.5 Å². The number of ether oxygens (including phenoxy) is 1. The van der Waals surface area contributed by atoms with E-state index in [-0.39, 0.29) is 0 Å². The second kappa shape index (κ2) is 5.06. The Morgan fingerprint density at radius 1 is 1.44 bits per heavy atom. The van der Waals surface area contributed by atoms with Crippen LogP contribution < -0.4 is 4.74 Å². The van der Waals surface area contributed by atoms with Gasteiger partial charge >= 0.3 is 0 Å². The maximum absolute atomic E-state index is 11.2. The van der Waals surface area contributed by atoms with E-state index < -0.39 is 14.3 Å². The smallest absolute Gasteiger partial charge is 0.239 e. The largest absolute Gasteiger partial charge is 0.496 e. The van der Waals surface area contributed by atoms with Gasteiger partial charge in [-0.05, 0) is 30.5 Å². The highest BCUT2D eigenvalue weighted by atomic mass is 35.7. The summed E-state index contributed by atoms with van der Waals surface area (Å²) in [4.78, 5) is 0. The molecule has 0 aromatic heterocycles. The molecule has 0 amide bonds. The van der Waals surface area contributed by atoms with Crippen LogP contribution >= 0.6 is 10.7 Å². The van der Waals surface area contributed by atoms with Crippen LogP contribution in [0.4, 0.5) is 0 Å². The summed E-state index contributed by atoms with van der Waals surface area (Å²) in [7, 11) is 3.35.